The van der Waals surface area contributed by atoms with Crippen molar-refractivity contribution in [2.45, 2.75) is 26.7 Å². The molecule has 0 aliphatic heterocycles. The summed E-state index contributed by atoms with van der Waals surface area (Å²) >= 11 is 11.5. The molecule has 0 aliphatic carbocycles. The molecule has 0 aromatic carbocycles. The molecule has 1 N–H and O–H groups in total. The molecule has 0 saturated carbocycles. The van der Waals surface area contributed by atoms with Gasteiger partial charge in [-0.05, 0) is 25.0 Å². The Hall–Kier alpha value is -0.800. The molecule has 3 nitrogen and oxygen atoms in total. The lowest BCUT2D eigenvalue weighted by Crippen LogP contribution is -2.21. The first-order valence-electron chi connectivity index (χ1n) is 5.21. The maximum Gasteiger partial charge on any atom is 0.227 e. The summed E-state index contributed by atoms with van der Waals surface area (Å²) in [7, 11) is 0. The van der Waals surface area contributed by atoms with Crippen LogP contribution in [0.5, 0.6) is 0 Å². The molecular formula is C11H14Cl2N2O. The third kappa shape index (κ3) is 3.35. The smallest absolute Gasteiger partial charge is 0.227 e. The van der Waals surface area contributed by atoms with Gasteiger partial charge in [-0.3, -0.25) is 4.79 Å². The topological polar surface area (TPSA) is 42.0 Å². The van der Waals surface area contributed by atoms with Gasteiger partial charge < -0.3 is 5.32 Å². The minimum absolute atomic E-state index is 0.00625. The van der Waals surface area contributed by atoms with E-state index in [9.17, 15) is 4.79 Å². The highest BCUT2D eigenvalue weighted by atomic mass is 35.5. The van der Waals surface area contributed by atoms with Gasteiger partial charge in [-0.15, -0.1) is 0 Å². The number of aromatic nitrogens is 1. The number of anilines is 1. The van der Waals surface area contributed by atoms with Crippen LogP contribution in [0.15, 0.2) is 12.1 Å². The van der Waals surface area contributed by atoms with Crippen LogP contribution in [-0.4, -0.2) is 10.9 Å². The summed E-state index contributed by atoms with van der Waals surface area (Å²) in [6, 6.07) is 3.24. The van der Waals surface area contributed by atoms with Gasteiger partial charge in [0.2, 0.25) is 5.91 Å². The molecule has 0 aliphatic rings. The summed E-state index contributed by atoms with van der Waals surface area (Å²) in [6.07, 6.45) is 1.61. The van der Waals surface area contributed by atoms with Gasteiger partial charge in [0.1, 0.15) is 5.15 Å². The van der Waals surface area contributed by atoms with E-state index in [0.29, 0.717) is 10.8 Å². The Balaban J connectivity index is 2.76. The van der Waals surface area contributed by atoms with E-state index in [1.165, 1.54) is 0 Å². The number of carbonyl (C=O) groups is 1. The number of nitrogens with zero attached hydrogens (tertiary/aromatic N) is 1. The fourth-order valence-corrected chi connectivity index (χ4v) is 1.79. The molecule has 1 amide bonds. The van der Waals surface area contributed by atoms with Gasteiger partial charge >= 0.3 is 0 Å². The lowest BCUT2D eigenvalue weighted by molar-refractivity contribution is -0.120. The molecule has 1 rings (SSSR count). The van der Waals surface area contributed by atoms with Crippen LogP contribution < -0.4 is 5.32 Å². The van der Waals surface area contributed by atoms with Crippen LogP contribution in [-0.2, 0) is 4.79 Å². The molecule has 16 heavy (non-hydrogen) atoms. The molecule has 0 unspecified atom stereocenters. The Morgan fingerprint density at radius 2 is 2.00 bits per heavy atom. The molecule has 88 valence electrons. The van der Waals surface area contributed by atoms with Crippen LogP contribution >= 0.6 is 23.2 Å². The highest BCUT2D eigenvalue weighted by Crippen LogP contribution is 2.22. The van der Waals surface area contributed by atoms with E-state index >= 15 is 0 Å². The first-order chi connectivity index (χ1) is 7.58. The number of hydrogen-bond donors (Lipinski definition) is 1. The largest absolute Gasteiger partial charge is 0.323 e. The van der Waals surface area contributed by atoms with Crippen molar-refractivity contribution in [3.63, 3.8) is 0 Å². The molecule has 0 saturated heterocycles. The highest BCUT2D eigenvalue weighted by Gasteiger charge is 2.15. The van der Waals surface area contributed by atoms with Gasteiger partial charge in [0.05, 0.1) is 5.69 Å². The van der Waals surface area contributed by atoms with Gasteiger partial charge in [-0.1, -0.05) is 37.0 Å². The molecule has 0 bridgehead atoms. The average Bonchev–Trinajstić information content (AvgIpc) is 2.24. The SMILES string of the molecule is CCC(CC)C(=O)Nc1ccc(Cl)nc1Cl. The van der Waals surface area contributed by atoms with Gasteiger partial charge in [0.25, 0.3) is 0 Å². The Bertz CT molecular complexity index is 378. The summed E-state index contributed by atoms with van der Waals surface area (Å²) in [6.45, 7) is 3.96. The summed E-state index contributed by atoms with van der Waals surface area (Å²) in [5.41, 5.74) is 0.503. The normalized spacial score (nSPS) is 10.6. The third-order valence-electron chi connectivity index (χ3n) is 2.43. The van der Waals surface area contributed by atoms with Crippen molar-refractivity contribution in [2.24, 2.45) is 5.92 Å². The maximum atomic E-state index is 11.8. The van der Waals surface area contributed by atoms with Crippen LogP contribution in [0, 0.1) is 5.92 Å². The minimum Gasteiger partial charge on any atom is -0.323 e. The van der Waals surface area contributed by atoms with Crippen molar-refractivity contribution in [1.82, 2.24) is 4.98 Å². The number of nitrogens with one attached hydrogen (secondary N) is 1. The van der Waals surface area contributed by atoms with Crippen molar-refractivity contribution in [3.05, 3.63) is 22.4 Å². The quantitative estimate of drug-likeness (QED) is 0.838. The predicted octanol–water partition coefficient (Wildman–Crippen LogP) is 3.76. The Kier molecular flexibility index (Phi) is 5.03. The fourth-order valence-electron chi connectivity index (χ4n) is 1.40. The van der Waals surface area contributed by atoms with E-state index in [1.54, 1.807) is 12.1 Å². The van der Waals surface area contributed by atoms with Crippen molar-refractivity contribution < 1.29 is 4.79 Å². The van der Waals surface area contributed by atoms with Crippen LogP contribution in [0.4, 0.5) is 5.69 Å². The van der Waals surface area contributed by atoms with E-state index in [4.69, 9.17) is 23.2 Å². The van der Waals surface area contributed by atoms with E-state index in [0.717, 1.165) is 12.8 Å². The van der Waals surface area contributed by atoms with Gasteiger partial charge in [0.15, 0.2) is 5.15 Å². The summed E-state index contributed by atoms with van der Waals surface area (Å²) < 4.78 is 0. The lowest BCUT2D eigenvalue weighted by atomic mass is 10.0. The van der Waals surface area contributed by atoms with E-state index in [-0.39, 0.29) is 17.0 Å². The molecule has 1 heterocycles. The molecule has 1 aromatic heterocycles. The minimum atomic E-state index is -0.0315. The second-order valence-electron chi connectivity index (χ2n) is 3.48. The van der Waals surface area contributed by atoms with Crippen molar-refractivity contribution >= 4 is 34.8 Å². The Labute approximate surface area is 105 Å². The second kappa shape index (κ2) is 6.06. The zero-order valence-electron chi connectivity index (χ0n) is 9.26. The number of hydrogen-bond acceptors (Lipinski definition) is 2. The van der Waals surface area contributed by atoms with Gasteiger partial charge in [-0.2, -0.15) is 0 Å². The Morgan fingerprint density at radius 3 is 2.50 bits per heavy atom. The summed E-state index contributed by atoms with van der Waals surface area (Å²) in [4.78, 5) is 15.6. The highest BCUT2D eigenvalue weighted by molar-refractivity contribution is 6.34. The van der Waals surface area contributed by atoms with Crippen molar-refractivity contribution in [1.29, 1.82) is 0 Å². The standard InChI is InChI=1S/C11H14Cl2N2O/c1-3-7(4-2)11(16)14-8-5-6-9(12)15-10(8)13/h5-7H,3-4H2,1-2H3,(H,14,16). The lowest BCUT2D eigenvalue weighted by Gasteiger charge is -2.13. The van der Waals surface area contributed by atoms with Crippen molar-refractivity contribution in [2.75, 3.05) is 5.32 Å². The number of carbonyl (C=O) groups excluding carboxylic acids is 1. The van der Waals surface area contributed by atoms with Gasteiger partial charge in [-0.25, -0.2) is 4.98 Å². The first-order valence-corrected chi connectivity index (χ1v) is 5.97. The molecule has 0 spiro atoms. The molecule has 0 atom stereocenters. The third-order valence-corrected chi connectivity index (χ3v) is 2.93. The molecule has 1 aromatic rings. The van der Waals surface area contributed by atoms with E-state index < -0.39 is 0 Å². The van der Waals surface area contributed by atoms with E-state index in [1.807, 2.05) is 13.8 Å². The van der Waals surface area contributed by atoms with Crippen LogP contribution in [0.25, 0.3) is 0 Å². The molecule has 0 radical (unpaired) electrons. The van der Waals surface area contributed by atoms with Crippen molar-refractivity contribution in [3.8, 4) is 0 Å². The predicted molar refractivity (Wildman–Crippen MR) is 67.0 cm³/mol. The molecule has 5 heteroatoms. The van der Waals surface area contributed by atoms with E-state index in [2.05, 4.69) is 10.3 Å². The van der Waals surface area contributed by atoms with Crippen LogP contribution in [0.3, 0.4) is 0 Å². The fraction of sp³-hybridized carbons (Fsp3) is 0.455. The zero-order valence-corrected chi connectivity index (χ0v) is 10.8. The van der Waals surface area contributed by atoms with Crippen LogP contribution in [0.1, 0.15) is 26.7 Å². The molecule has 0 fully saturated rings. The summed E-state index contributed by atoms with van der Waals surface area (Å²) in [5.74, 6) is -0.0252. The zero-order chi connectivity index (χ0) is 12.1. The van der Waals surface area contributed by atoms with Gasteiger partial charge in [0, 0.05) is 5.92 Å². The number of halogens is 2. The number of rotatable bonds is 4. The second-order valence-corrected chi connectivity index (χ2v) is 4.22. The number of pyridine rings is 1. The number of amides is 1. The Morgan fingerprint density at radius 1 is 1.38 bits per heavy atom. The summed E-state index contributed by atoms with van der Waals surface area (Å²) in [5, 5.41) is 3.27. The first kappa shape index (κ1) is 13.3. The maximum absolute atomic E-state index is 11.8. The monoisotopic (exact) mass is 260 g/mol. The average molecular weight is 261 g/mol. The van der Waals surface area contributed by atoms with Crippen LogP contribution in [0.2, 0.25) is 10.3 Å². The molecular weight excluding hydrogens is 247 g/mol.